The van der Waals surface area contributed by atoms with Crippen LogP contribution in [0, 0.1) is 0 Å². The molecule has 0 aliphatic heterocycles. The molecule has 0 saturated heterocycles. The summed E-state index contributed by atoms with van der Waals surface area (Å²) < 4.78 is 0. The molecule has 2 N–H and O–H groups in total. The molecule has 0 aliphatic carbocycles. The fraction of sp³-hybridized carbons (Fsp3) is 0.800. The summed E-state index contributed by atoms with van der Waals surface area (Å²) in [4.78, 5) is 24.5. The van der Waals surface area contributed by atoms with Crippen LogP contribution in [-0.2, 0) is 9.59 Å². The normalized spacial score (nSPS) is 11.0. The smallest absolute Gasteiger partial charge is 0.312 e. The highest BCUT2D eigenvalue weighted by Crippen LogP contribution is 2.12. The van der Waals surface area contributed by atoms with Crippen molar-refractivity contribution in [1.82, 2.24) is 10.2 Å². The zero-order valence-electron chi connectivity index (χ0n) is 9.83. The summed E-state index contributed by atoms with van der Waals surface area (Å²) in [6, 6.07) is 0. The van der Waals surface area contributed by atoms with E-state index >= 15 is 0 Å². The van der Waals surface area contributed by atoms with Gasteiger partial charge >= 0.3 is 11.8 Å². The van der Waals surface area contributed by atoms with Crippen LogP contribution in [0.3, 0.4) is 0 Å². The molecule has 0 bridgehead atoms. The lowest BCUT2D eigenvalue weighted by Gasteiger charge is -2.34. The maximum absolute atomic E-state index is 11.7. The number of nitrogens with one attached hydrogen (secondary N) is 1. The summed E-state index contributed by atoms with van der Waals surface area (Å²) >= 11 is 0. The van der Waals surface area contributed by atoms with Crippen molar-refractivity contribution in [3.8, 4) is 0 Å². The Hall–Kier alpha value is -1.10. The second-order valence-corrected chi connectivity index (χ2v) is 4.20. The maximum atomic E-state index is 11.7. The van der Waals surface area contributed by atoms with Crippen LogP contribution in [0.2, 0.25) is 0 Å². The van der Waals surface area contributed by atoms with E-state index < -0.39 is 11.8 Å². The quantitative estimate of drug-likeness (QED) is 0.639. The lowest BCUT2D eigenvalue weighted by Crippen LogP contribution is -2.51. The van der Waals surface area contributed by atoms with E-state index in [1.807, 2.05) is 27.7 Å². The third kappa shape index (κ3) is 4.29. The van der Waals surface area contributed by atoms with Crippen LogP contribution in [0.25, 0.3) is 0 Å². The molecule has 0 aromatic carbocycles. The molecule has 0 radical (unpaired) electrons. The third-order valence-corrected chi connectivity index (χ3v) is 1.96. The molecule has 0 spiro atoms. The van der Waals surface area contributed by atoms with E-state index in [9.17, 15) is 9.59 Å². The van der Waals surface area contributed by atoms with E-state index in [2.05, 4.69) is 5.32 Å². The average molecular weight is 216 g/mol. The molecular weight excluding hydrogens is 196 g/mol. The predicted octanol–water partition coefficient (Wildman–Crippen LogP) is -0.258. The van der Waals surface area contributed by atoms with Crippen molar-refractivity contribution in [3.63, 3.8) is 0 Å². The van der Waals surface area contributed by atoms with Crippen LogP contribution in [0.4, 0.5) is 0 Å². The molecule has 0 atom stereocenters. The first-order valence-electron chi connectivity index (χ1n) is 5.05. The number of nitrogens with zero attached hydrogens (tertiary/aromatic N) is 1. The van der Waals surface area contributed by atoms with Gasteiger partial charge in [-0.15, -0.1) is 0 Å². The Morgan fingerprint density at radius 2 is 1.87 bits per heavy atom. The molecule has 0 saturated carbocycles. The van der Waals surface area contributed by atoms with Crippen molar-refractivity contribution in [2.45, 2.75) is 33.2 Å². The minimum absolute atomic E-state index is 0.103. The van der Waals surface area contributed by atoms with Gasteiger partial charge in [0.15, 0.2) is 0 Å². The Kier molecular flexibility index (Phi) is 5.28. The largest absolute Gasteiger partial charge is 0.395 e. The molecule has 0 rings (SSSR count). The average Bonchev–Trinajstić information content (AvgIpc) is 2.12. The minimum Gasteiger partial charge on any atom is -0.395 e. The number of hydrogen-bond acceptors (Lipinski definition) is 3. The number of aliphatic hydroxyl groups is 1. The van der Waals surface area contributed by atoms with E-state index in [4.69, 9.17) is 5.11 Å². The Bertz CT molecular complexity index is 233. The van der Waals surface area contributed by atoms with Crippen molar-refractivity contribution in [1.29, 1.82) is 0 Å². The first-order valence-corrected chi connectivity index (χ1v) is 5.05. The molecule has 15 heavy (non-hydrogen) atoms. The van der Waals surface area contributed by atoms with Crippen LogP contribution >= 0.6 is 0 Å². The zero-order chi connectivity index (χ0) is 12.1. The number of aliphatic hydroxyl groups excluding tert-OH is 1. The highest BCUT2D eigenvalue weighted by Gasteiger charge is 2.29. The van der Waals surface area contributed by atoms with Gasteiger partial charge in [0.2, 0.25) is 0 Å². The van der Waals surface area contributed by atoms with Gasteiger partial charge < -0.3 is 15.3 Å². The molecule has 0 heterocycles. The van der Waals surface area contributed by atoms with Gasteiger partial charge in [-0.3, -0.25) is 9.59 Å². The van der Waals surface area contributed by atoms with Crippen LogP contribution in [-0.4, -0.2) is 47.1 Å². The second-order valence-electron chi connectivity index (χ2n) is 4.20. The zero-order valence-corrected chi connectivity index (χ0v) is 9.83. The monoisotopic (exact) mass is 216 g/mol. The number of hydrogen-bond donors (Lipinski definition) is 2. The first kappa shape index (κ1) is 13.9. The Morgan fingerprint density at radius 1 is 1.33 bits per heavy atom. The third-order valence-electron chi connectivity index (χ3n) is 1.96. The molecule has 2 amide bonds. The number of carbonyl (C=O) groups excluding carboxylic acids is 2. The highest BCUT2D eigenvalue weighted by atomic mass is 16.3. The van der Waals surface area contributed by atoms with E-state index in [0.29, 0.717) is 6.54 Å². The van der Waals surface area contributed by atoms with Gasteiger partial charge in [-0.2, -0.15) is 0 Å². The van der Waals surface area contributed by atoms with Gasteiger partial charge in [0.25, 0.3) is 0 Å². The lowest BCUT2D eigenvalue weighted by atomic mass is 10.1. The molecule has 88 valence electrons. The lowest BCUT2D eigenvalue weighted by molar-refractivity contribution is -0.149. The van der Waals surface area contributed by atoms with E-state index in [1.54, 1.807) is 0 Å². The van der Waals surface area contributed by atoms with Gasteiger partial charge in [0.05, 0.1) is 6.61 Å². The van der Waals surface area contributed by atoms with Crippen LogP contribution in [0.1, 0.15) is 27.7 Å². The van der Waals surface area contributed by atoms with E-state index in [-0.39, 0.29) is 18.7 Å². The molecular formula is C10H20N2O3. The Balaban J connectivity index is 4.46. The molecule has 5 heteroatoms. The SMILES string of the molecule is CCN(C(=O)C(=O)NCCO)C(C)(C)C. The summed E-state index contributed by atoms with van der Waals surface area (Å²) in [6.45, 7) is 7.85. The van der Waals surface area contributed by atoms with E-state index in [0.717, 1.165) is 0 Å². The first-order chi connectivity index (χ1) is 6.84. The van der Waals surface area contributed by atoms with Gasteiger partial charge in [-0.25, -0.2) is 0 Å². The van der Waals surface area contributed by atoms with Crippen LogP contribution in [0.5, 0.6) is 0 Å². The van der Waals surface area contributed by atoms with Crippen molar-refractivity contribution >= 4 is 11.8 Å². The predicted molar refractivity (Wildman–Crippen MR) is 57.2 cm³/mol. The topological polar surface area (TPSA) is 69.6 Å². The molecule has 0 aliphatic rings. The summed E-state index contributed by atoms with van der Waals surface area (Å²) in [5.74, 6) is -1.22. The molecule has 0 aromatic rings. The van der Waals surface area contributed by atoms with Crippen molar-refractivity contribution < 1.29 is 14.7 Å². The second kappa shape index (κ2) is 5.70. The molecule has 0 aromatic heterocycles. The summed E-state index contributed by atoms with van der Waals surface area (Å²) in [6.07, 6.45) is 0. The summed E-state index contributed by atoms with van der Waals surface area (Å²) in [5, 5.41) is 10.9. The molecule has 0 unspecified atom stereocenters. The minimum atomic E-state index is -0.666. The van der Waals surface area contributed by atoms with Crippen molar-refractivity contribution in [2.75, 3.05) is 19.7 Å². The number of likely N-dealkylation sites (N-methyl/N-ethyl adjacent to an activating group) is 1. The van der Waals surface area contributed by atoms with Crippen LogP contribution < -0.4 is 5.32 Å². The molecule has 0 fully saturated rings. The number of amides is 2. The summed E-state index contributed by atoms with van der Waals surface area (Å²) in [7, 11) is 0. The van der Waals surface area contributed by atoms with Crippen LogP contribution in [0.15, 0.2) is 0 Å². The van der Waals surface area contributed by atoms with Crippen molar-refractivity contribution in [2.24, 2.45) is 0 Å². The van der Waals surface area contributed by atoms with E-state index in [1.165, 1.54) is 4.90 Å². The maximum Gasteiger partial charge on any atom is 0.312 e. The number of rotatable bonds is 3. The highest BCUT2D eigenvalue weighted by molar-refractivity contribution is 6.35. The fourth-order valence-electron chi connectivity index (χ4n) is 1.29. The van der Waals surface area contributed by atoms with Gasteiger partial charge in [0, 0.05) is 18.6 Å². The van der Waals surface area contributed by atoms with Gasteiger partial charge in [0.1, 0.15) is 0 Å². The van der Waals surface area contributed by atoms with Gasteiger partial charge in [-0.1, -0.05) is 0 Å². The molecule has 5 nitrogen and oxygen atoms in total. The standard InChI is InChI=1S/C10H20N2O3/c1-5-12(10(2,3)4)9(15)8(14)11-6-7-13/h13H,5-7H2,1-4H3,(H,11,14). The fourth-order valence-corrected chi connectivity index (χ4v) is 1.29. The number of carbonyl (C=O) groups is 2. The Labute approximate surface area is 90.5 Å². The van der Waals surface area contributed by atoms with Gasteiger partial charge in [-0.05, 0) is 27.7 Å². The Morgan fingerprint density at radius 3 is 2.20 bits per heavy atom. The summed E-state index contributed by atoms with van der Waals surface area (Å²) in [5.41, 5.74) is -0.373. The van der Waals surface area contributed by atoms with Crippen molar-refractivity contribution in [3.05, 3.63) is 0 Å².